The summed E-state index contributed by atoms with van der Waals surface area (Å²) in [5.41, 5.74) is 0.623. The second-order valence-corrected chi connectivity index (χ2v) is 2.63. The predicted molar refractivity (Wildman–Crippen MR) is 45.9 cm³/mol. The molecule has 0 saturated heterocycles. The minimum atomic E-state index is -1.84. The van der Waals surface area contributed by atoms with Gasteiger partial charge in [0.05, 0.1) is 17.4 Å². The molecule has 0 saturated carbocycles. The fourth-order valence-corrected chi connectivity index (χ4v) is 1.25. The van der Waals surface area contributed by atoms with Crippen molar-refractivity contribution < 1.29 is 14.4 Å². The van der Waals surface area contributed by atoms with Crippen LogP contribution in [-0.4, -0.2) is 27.1 Å². The van der Waals surface area contributed by atoms with Crippen LogP contribution in [0.3, 0.4) is 0 Å². The van der Waals surface area contributed by atoms with Crippen LogP contribution in [0.5, 0.6) is 0 Å². The first-order chi connectivity index (χ1) is 6.20. The minimum Gasteiger partial charge on any atom is -0.423 e. The largest absolute Gasteiger partial charge is 0.493 e. The van der Waals surface area contributed by atoms with Crippen LogP contribution in [0.25, 0.3) is 11.0 Å². The van der Waals surface area contributed by atoms with Gasteiger partial charge in [-0.05, 0) is 12.1 Å². The molecule has 13 heavy (non-hydrogen) atoms. The summed E-state index contributed by atoms with van der Waals surface area (Å²) >= 11 is 0. The lowest BCUT2D eigenvalue weighted by atomic mass is 9.79. The van der Waals surface area contributed by atoms with Gasteiger partial charge in [-0.2, -0.15) is 0 Å². The van der Waals surface area contributed by atoms with Gasteiger partial charge in [-0.3, -0.25) is 0 Å². The smallest absolute Gasteiger partial charge is 0.423 e. The number of nitrogens with one attached hydrogen (secondary N) is 1. The molecule has 0 unspecified atom stereocenters. The predicted octanol–water partition coefficient (Wildman–Crippen LogP) is -0.618. The molecule has 0 radical (unpaired) electrons. The number of imidazole rings is 1. The fourth-order valence-electron chi connectivity index (χ4n) is 1.25. The van der Waals surface area contributed by atoms with E-state index in [0.717, 1.165) is 6.07 Å². The molecule has 6 heteroatoms. The van der Waals surface area contributed by atoms with Crippen molar-refractivity contribution in [3.8, 4) is 0 Å². The maximum Gasteiger partial charge on any atom is 0.493 e. The summed E-state index contributed by atoms with van der Waals surface area (Å²) in [6.07, 6.45) is 1.37. The zero-order valence-corrected chi connectivity index (χ0v) is 6.53. The van der Waals surface area contributed by atoms with Crippen LogP contribution in [-0.2, 0) is 0 Å². The number of benzene rings is 1. The van der Waals surface area contributed by atoms with E-state index in [9.17, 15) is 4.39 Å². The van der Waals surface area contributed by atoms with E-state index in [1.165, 1.54) is 12.4 Å². The number of rotatable bonds is 1. The van der Waals surface area contributed by atoms with Crippen molar-refractivity contribution in [3.05, 3.63) is 24.3 Å². The zero-order valence-electron chi connectivity index (χ0n) is 6.53. The van der Waals surface area contributed by atoms with Gasteiger partial charge in [-0.15, -0.1) is 0 Å². The van der Waals surface area contributed by atoms with Crippen molar-refractivity contribution in [1.29, 1.82) is 0 Å². The summed E-state index contributed by atoms with van der Waals surface area (Å²) in [5.74, 6) is -0.672. The Kier molecular flexibility index (Phi) is 1.79. The fraction of sp³-hybridized carbons (Fsp3) is 0. The van der Waals surface area contributed by atoms with Gasteiger partial charge < -0.3 is 15.0 Å². The maximum absolute atomic E-state index is 13.1. The molecule has 4 nitrogen and oxygen atoms in total. The van der Waals surface area contributed by atoms with Gasteiger partial charge in [-0.25, -0.2) is 9.37 Å². The maximum atomic E-state index is 13.1. The molecule has 0 aliphatic carbocycles. The standard InChI is InChI=1S/C7H6BFN2O2/c9-4-1-2-5-7(11-3-10-5)6(4)8(12)13/h1-3,12-13H,(H,10,11). The molecular weight excluding hydrogens is 174 g/mol. The summed E-state index contributed by atoms with van der Waals surface area (Å²) in [6, 6.07) is 2.65. The van der Waals surface area contributed by atoms with Gasteiger partial charge >= 0.3 is 7.12 Å². The molecule has 1 aromatic heterocycles. The van der Waals surface area contributed by atoms with Crippen molar-refractivity contribution in [2.75, 3.05) is 0 Å². The van der Waals surface area contributed by atoms with Crippen LogP contribution in [0.2, 0.25) is 0 Å². The number of fused-ring (bicyclic) bond motifs is 1. The van der Waals surface area contributed by atoms with Crippen molar-refractivity contribution >= 4 is 23.6 Å². The Balaban J connectivity index is 2.80. The molecule has 0 atom stereocenters. The number of nitrogens with zero attached hydrogens (tertiary/aromatic N) is 1. The van der Waals surface area contributed by atoms with Crippen LogP contribution in [0, 0.1) is 5.82 Å². The Morgan fingerprint density at radius 2 is 2.15 bits per heavy atom. The lowest BCUT2D eigenvalue weighted by molar-refractivity contribution is 0.423. The van der Waals surface area contributed by atoms with Gasteiger partial charge in [0.25, 0.3) is 0 Å². The molecule has 0 aliphatic rings. The van der Waals surface area contributed by atoms with E-state index in [1.54, 1.807) is 0 Å². The summed E-state index contributed by atoms with van der Waals surface area (Å²) in [5, 5.41) is 17.8. The first kappa shape index (κ1) is 8.21. The highest BCUT2D eigenvalue weighted by Crippen LogP contribution is 2.08. The third-order valence-electron chi connectivity index (χ3n) is 1.84. The van der Waals surface area contributed by atoms with Crippen molar-refractivity contribution in [1.82, 2.24) is 9.97 Å². The summed E-state index contributed by atoms with van der Waals surface area (Å²) in [6.45, 7) is 0. The molecule has 2 rings (SSSR count). The molecule has 1 heterocycles. The quantitative estimate of drug-likeness (QED) is 0.512. The highest BCUT2D eigenvalue weighted by atomic mass is 19.1. The number of H-pyrrole nitrogens is 1. The first-order valence-corrected chi connectivity index (χ1v) is 3.68. The Hall–Kier alpha value is -1.40. The van der Waals surface area contributed by atoms with E-state index in [-0.39, 0.29) is 11.0 Å². The van der Waals surface area contributed by atoms with E-state index in [1.807, 2.05) is 0 Å². The third-order valence-corrected chi connectivity index (χ3v) is 1.84. The Morgan fingerprint density at radius 3 is 2.85 bits per heavy atom. The molecule has 0 spiro atoms. The van der Waals surface area contributed by atoms with Crippen LogP contribution in [0.4, 0.5) is 4.39 Å². The monoisotopic (exact) mass is 180 g/mol. The number of halogens is 1. The number of aromatic amines is 1. The Morgan fingerprint density at radius 1 is 1.38 bits per heavy atom. The summed E-state index contributed by atoms with van der Waals surface area (Å²) < 4.78 is 13.1. The number of hydrogen-bond acceptors (Lipinski definition) is 3. The first-order valence-electron chi connectivity index (χ1n) is 3.68. The van der Waals surface area contributed by atoms with Crippen LogP contribution in [0.1, 0.15) is 0 Å². The highest BCUT2D eigenvalue weighted by molar-refractivity contribution is 6.61. The molecule has 0 fully saturated rings. The van der Waals surface area contributed by atoms with Gasteiger partial charge in [0, 0.05) is 5.46 Å². The van der Waals surface area contributed by atoms with E-state index in [4.69, 9.17) is 10.0 Å². The molecular formula is C7H6BFN2O2. The minimum absolute atomic E-state index is 0.196. The van der Waals surface area contributed by atoms with Crippen molar-refractivity contribution in [3.63, 3.8) is 0 Å². The second-order valence-electron chi connectivity index (χ2n) is 2.63. The third kappa shape index (κ3) is 1.20. The van der Waals surface area contributed by atoms with Crippen LogP contribution in [0.15, 0.2) is 18.5 Å². The van der Waals surface area contributed by atoms with Crippen LogP contribution >= 0.6 is 0 Å². The van der Waals surface area contributed by atoms with E-state index in [0.29, 0.717) is 5.52 Å². The second kappa shape index (κ2) is 2.83. The van der Waals surface area contributed by atoms with E-state index >= 15 is 0 Å². The molecule has 3 N–H and O–H groups in total. The Labute approximate surface area is 73.2 Å². The van der Waals surface area contributed by atoms with Gasteiger partial charge in [-0.1, -0.05) is 0 Å². The van der Waals surface area contributed by atoms with E-state index < -0.39 is 12.9 Å². The van der Waals surface area contributed by atoms with Crippen molar-refractivity contribution in [2.45, 2.75) is 0 Å². The molecule has 2 aromatic rings. The number of hydrogen-bond donors (Lipinski definition) is 3. The summed E-state index contributed by atoms with van der Waals surface area (Å²) in [4.78, 5) is 6.53. The van der Waals surface area contributed by atoms with Crippen LogP contribution < -0.4 is 5.46 Å². The lowest BCUT2D eigenvalue weighted by Gasteiger charge is -2.01. The average Bonchev–Trinajstić information content (AvgIpc) is 2.50. The zero-order chi connectivity index (χ0) is 9.42. The topological polar surface area (TPSA) is 69.1 Å². The molecule has 0 aliphatic heterocycles. The molecule has 66 valence electrons. The Bertz CT molecular complexity index is 443. The lowest BCUT2D eigenvalue weighted by Crippen LogP contribution is -2.33. The van der Waals surface area contributed by atoms with Gasteiger partial charge in [0.15, 0.2) is 0 Å². The molecule has 1 aromatic carbocycles. The van der Waals surface area contributed by atoms with Gasteiger partial charge in [0.2, 0.25) is 0 Å². The van der Waals surface area contributed by atoms with E-state index in [2.05, 4.69) is 9.97 Å². The van der Waals surface area contributed by atoms with Gasteiger partial charge in [0.1, 0.15) is 5.82 Å². The number of aromatic nitrogens is 2. The normalized spacial score (nSPS) is 10.7. The van der Waals surface area contributed by atoms with Crippen molar-refractivity contribution in [2.24, 2.45) is 0 Å². The summed E-state index contributed by atoms with van der Waals surface area (Å²) in [7, 11) is -1.84. The SMILES string of the molecule is OB(O)c1c(F)ccc2[nH]cnc12. The molecule has 0 bridgehead atoms. The highest BCUT2D eigenvalue weighted by Gasteiger charge is 2.21. The molecule has 0 amide bonds. The average molecular weight is 180 g/mol.